The Labute approximate surface area is 106 Å². The number of thioether (sulfide) groups is 1. The molecule has 0 N–H and O–H groups in total. The van der Waals surface area contributed by atoms with E-state index in [0.29, 0.717) is 5.69 Å². The van der Waals surface area contributed by atoms with Gasteiger partial charge in [0.05, 0.1) is 5.69 Å². The largest absolute Gasteiger partial charge is 0.273 e. The Morgan fingerprint density at radius 2 is 2.29 bits per heavy atom. The summed E-state index contributed by atoms with van der Waals surface area (Å²) in [6.07, 6.45) is 5.54. The first kappa shape index (κ1) is 10.9. The summed E-state index contributed by atoms with van der Waals surface area (Å²) in [5.74, 6) is -0.270. The van der Waals surface area contributed by atoms with Gasteiger partial charge in [0, 0.05) is 23.4 Å². The molecule has 1 aromatic heterocycles. The molecule has 0 radical (unpaired) electrons. The van der Waals surface area contributed by atoms with Crippen LogP contribution < -0.4 is 0 Å². The molecule has 0 saturated carbocycles. The minimum Gasteiger partial charge on any atom is -0.273 e. The van der Waals surface area contributed by atoms with Gasteiger partial charge in [-0.1, -0.05) is 11.8 Å². The van der Waals surface area contributed by atoms with Gasteiger partial charge in [-0.25, -0.2) is 14.4 Å². The third kappa shape index (κ3) is 1.87. The van der Waals surface area contributed by atoms with Crippen molar-refractivity contribution in [3.63, 3.8) is 0 Å². The quantitative estimate of drug-likeness (QED) is 0.731. The van der Waals surface area contributed by atoms with Crippen LogP contribution in [0, 0.1) is 5.82 Å². The first-order valence-electron chi connectivity index (χ1n) is 4.92. The third-order valence-electron chi connectivity index (χ3n) is 2.33. The Hall–Kier alpha value is -1.27. The van der Waals surface area contributed by atoms with Crippen molar-refractivity contribution in [2.24, 2.45) is 4.99 Å². The smallest absolute Gasteiger partial charge is 0.179 e. The standard InChI is InChI=1S/C11H8FN3S2/c1-16-11-14-8-6-7(12)2-3-9(8)17-10-13-4-5-15(10)11/h2-6H,1H3. The summed E-state index contributed by atoms with van der Waals surface area (Å²) in [5.41, 5.74) is 0.657. The highest BCUT2D eigenvalue weighted by Crippen LogP contribution is 2.38. The number of aliphatic imine (C=N–C) groups is 1. The van der Waals surface area contributed by atoms with Crippen LogP contribution >= 0.6 is 23.5 Å². The summed E-state index contributed by atoms with van der Waals surface area (Å²) in [6.45, 7) is 0. The number of rotatable bonds is 0. The topological polar surface area (TPSA) is 30.2 Å². The Kier molecular flexibility index (Phi) is 2.68. The van der Waals surface area contributed by atoms with E-state index >= 15 is 0 Å². The molecule has 0 atom stereocenters. The monoisotopic (exact) mass is 265 g/mol. The molecule has 0 bridgehead atoms. The predicted molar refractivity (Wildman–Crippen MR) is 68.8 cm³/mol. The summed E-state index contributed by atoms with van der Waals surface area (Å²) < 4.78 is 15.1. The Morgan fingerprint density at radius 3 is 3.12 bits per heavy atom. The van der Waals surface area contributed by atoms with Gasteiger partial charge in [-0.3, -0.25) is 4.57 Å². The molecule has 86 valence electrons. The molecule has 1 aliphatic rings. The highest BCUT2D eigenvalue weighted by atomic mass is 32.2. The molecular weight excluding hydrogens is 257 g/mol. The molecule has 2 heterocycles. The van der Waals surface area contributed by atoms with Crippen LogP contribution in [0.15, 0.2) is 45.6 Å². The number of nitrogens with zero attached hydrogens (tertiary/aromatic N) is 3. The third-order valence-corrected chi connectivity index (χ3v) is 4.04. The molecule has 6 heteroatoms. The number of hydrogen-bond donors (Lipinski definition) is 0. The van der Waals surface area contributed by atoms with Crippen LogP contribution in [-0.4, -0.2) is 21.0 Å². The number of halogens is 1. The number of aromatic nitrogens is 2. The molecule has 1 aliphatic heterocycles. The minimum atomic E-state index is -0.270. The number of imidazole rings is 1. The maximum atomic E-state index is 13.2. The van der Waals surface area contributed by atoms with Gasteiger partial charge >= 0.3 is 0 Å². The summed E-state index contributed by atoms with van der Waals surface area (Å²) in [4.78, 5) is 9.67. The zero-order valence-corrected chi connectivity index (χ0v) is 10.6. The lowest BCUT2D eigenvalue weighted by atomic mass is 10.3. The molecule has 0 saturated heterocycles. The van der Waals surface area contributed by atoms with E-state index < -0.39 is 0 Å². The summed E-state index contributed by atoms with van der Waals surface area (Å²) in [6, 6.07) is 4.63. The molecule has 0 amide bonds. The number of fused-ring (bicyclic) bond motifs is 2. The molecule has 0 fully saturated rings. The van der Waals surface area contributed by atoms with E-state index in [1.165, 1.54) is 35.7 Å². The van der Waals surface area contributed by atoms with Gasteiger partial charge < -0.3 is 0 Å². The van der Waals surface area contributed by atoms with Crippen LogP contribution in [0.3, 0.4) is 0 Å². The summed E-state index contributed by atoms with van der Waals surface area (Å²) in [5, 5.41) is 1.65. The highest BCUT2D eigenvalue weighted by Gasteiger charge is 2.17. The van der Waals surface area contributed by atoms with Crippen molar-refractivity contribution < 1.29 is 4.39 Å². The van der Waals surface area contributed by atoms with Gasteiger partial charge in [0.15, 0.2) is 10.3 Å². The van der Waals surface area contributed by atoms with Gasteiger partial charge in [0.1, 0.15) is 5.82 Å². The second-order valence-corrected chi connectivity index (χ2v) is 5.17. The zero-order chi connectivity index (χ0) is 11.8. The van der Waals surface area contributed by atoms with E-state index in [-0.39, 0.29) is 5.82 Å². The van der Waals surface area contributed by atoms with Crippen molar-refractivity contribution in [1.82, 2.24) is 9.55 Å². The van der Waals surface area contributed by atoms with E-state index in [1.54, 1.807) is 12.3 Å². The first-order chi connectivity index (χ1) is 8.28. The van der Waals surface area contributed by atoms with Crippen LogP contribution in [-0.2, 0) is 0 Å². The lowest BCUT2D eigenvalue weighted by molar-refractivity contribution is 0.627. The van der Waals surface area contributed by atoms with E-state index in [1.807, 2.05) is 17.0 Å². The molecular formula is C11H8FN3S2. The average molecular weight is 265 g/mol. The van der Waals surface area contributed by atoms with Crippen molar-refractivity contribution in [1.29, 1.82) is 0 Å². The second kappa shape index (κ2) is 4.19. The van der Waals surface area contributed by atoms with E-state index in [9.17, 15) is 4.39 Å². The molecule has 3 nitrogen and oxygen atoms in total. The van der Waals surface area contributed by atoms with Crippen LogP contribution in [0.1, 0.15) is 0 Å². The van der Waals surface area contributed by atoms with E-state index in [0.717, 1.165) is 15.2 Å². The fraction of sp³-hybridized carbons (Fsp3) is 0.0909. The zero-order valence-electron chi connectivity index (χ0n) is 8.92. The normalized spacial score (nSPS) is 13.6. The maximum absolute atomic E-state index is 13.2. The van der Waals surface area contributed by atoms with Crippen LogP contribution in [0.25, 0.3) is 0 Å². The SMILES string of the molecule is CSC1=Nc2cc(F)ccc2Sc2nccn21. The second-order valence-electron chi connectivity index (χ2n) is 3.39. The van der Waals surface area contributed by atoms with Gasteiger partial charge in [-0.05, 0) is 30.2 Å². The average Bonchev–Trinajstić information content (AvgIpc) is 2.72. The van der Waals surface area contributed by atoms with Gasteiger partial charge in [-0.2, -0.15) is 0 Å². The molecule has 17 heavy (non-hydrogen) atoms. The van der Waals surface area contributed by atoms with Crippen molar-refractivity contribution in [2.45, 2.75) is 10.1 Å². The van der Waals surface area contributed by atoms with Crippen LogP contribution in [0.4, 0.5) is 10.1 Å². The molecule has 0 unspecified atom stereocenters. The van der Waals surface area contributed by atoms with Crippen molar-refractivity contribution in [3.05, 3.63) is 36.4 Å². The van der Waals surface area contributed by atoms with Crippen molar-refractivity contribution in [2.75, 3.05) is 6.26 Å². The molecule has 0 spiro atoms. The van der Waals surface area contributed by atoms with Gasteiger partial charge in [0.25, 0.3) is 0 Å². The van der Waals surface area contributed by atoms with Gasteiger partial charge in [-0.15, -0.1) is 0 Å². The number of benzene rings is 1. The lowest BCUT2D eigenvalue weighted by Gasteiger charge is -2.02. The van der Waals surface area contributed by atoms with E-state index in [4.69, 9.17) is 0 Å². The molecule has 3 rings (SSSR count). The molecule has 0 aliphatic carbocycles. The van der Waals surface area contributed by atoms with Crippen molar-refractivity contribution >= 4 is 34.4 Å². The predicted octanol–water partition coefficient (Wildman–Crippen LogP) is 3.39. The van der Waals surface area contributed by atoms with E-state index in [2.05, 4.69) is 9.98 Å². The Bertz CT molecular complexity index is 607. The lowest BCUT2D eigenvalue weighted by Crippen LogP contribution is -2.05. The molecule has 2 aromatic rings. The summed E-state index contributed by atoms with van der Waals surface area (Å²) in [7, 11) is 0. The van der Waals surface area contributed by atoms with Crippen LogP contribution in [0.2, 0.25) is 0 Å². The van der Waals surface area contributed by atoms with Crippen LogP contribution in [0.5, 0.6) is 0 Å². The fourth-order valence-electron chi connectivity index (χ4n) is 1.57. The Morgan fingerprint density at radius 1 is 1.41 bits per heavy atom. The van der Waals surface area contributed by atoms with Crippen molar-refractivity contribution in [3.8, 4) is 0 Å². The minimum absolute atomic E-state index is 0.270. The highest BCUT2D eigenvalue weighted by molar-refractivity contribution is 8.13. The first-order valence-corrected chi connectivity index (χ1v) is 6.96. The molecule has 1 aromatic carbocycles. The Balaban J connectivity index is 2.22. The summed E-state index contributed by atoms with van der Waals surface area (Å²) >= 11 is 3.01. The number of hydrogen-bond acceptors (Lipinski definition) is 4. The van der Waals surface area contributed by atoms with Gasteiger partial charge in [0.2, 0.25) is 0 Å². The fourth-order valence-corrected chi connectivity index (χ4v) is 3.07. The maximum Gasteiger partial charge on any atom is 0.179 e.